The average molecular weight is 418 g/mol. The van der Waals surface area contributed by atoms with E-state index in [0.29, 0.717) is 6.61 Å². The Hall–Kier alpha value is -1.75. The van der Waals surface area contributed by atoms with Gasteiger partial charge in [-0.2, -0.15) is 0 Å². The lowest BCUT2D eigenvalue weighted by Gasteiger charge is -2.27. The van der Waals surface area contributed by atoms with Gasteiger partial charge in [-0.3, -0.25) is 4.90 Å². The number of nitrogens with zero attached hydrogens (tertiary/aromatic N) is 1. The van der Waals surface area contributed by atoms with Crippen LogP contribution in [-0.2, 0) is 17.8 Å². The molecule has 2 heterocycles. The molecule has 1 fully saturated rings. The summed E-state index contributed by atoms with van der Waals surface area (Å²) in [5.74, 6) is 2.12. The van der Waals surface area contributed by atoms with Crippen molar-refractivity contribution in [3.8, 4) is 11.5 Å². The van der Waals surface area contributed by atoms with Gasteiger partial charge in [-0.15, -0.1) is 12.4 Å². The van der Waals surface area contributed by atoms with Crippen LogP contribution >= 0.6 is 12.4 Å². The summed E-state index contributed by atoms with van der Waals surface area (Å²) in [5, 5.41) is 0. The fraction of sp³-hybridized carbons (Fsp3) is 0.500. The molecule has 2 aliphatic rings. The van der Waals surface area contributed by atoms with Gasteiger partial charge in [0.05, 0.1) is 13.2 Å². The zero-order valence-electron chi connectivity index (χ0n) is 17.7. The monoisotopic (exact) mass is 417 g/mol. The van der Waals surface area contributed by atoms with Gasteiger partial charge in [-0.25, -0.2) is 0 Å². The first-order chi connectivity index (χ1) is 13.6. The van der Waals surface area contributed by atoms with Crippen LogP contribution in [0.4, 0.5) is 0 Å². The molecule has 0 N–H and O–H groups in total. The summed E-state index contributed by atoms with van der Waals surface area (Å²) in [5.41, 5.74) is 6.18. The number of halogens is 1. The number of rotatable bonds is 6. The maximum absolute atomic E-state index is 6.39. The van der Waals surface area contributed by atoms with Gasteiger partial charge in [0.1, 0.15) is 24.2 Å². The first-order valence-electron chi connectivity index (χ1n) is 10.4. The molecule has 0 aliphatic carbocycles. The number of hydrogen-bond donors (Lipinski definition) is 0. The molecule has 0 saturated carbocycles. The highest BCUT2D eigenvalue weighted by molar-refractivity contribution is 5.85. The van der Waals surface area contributed by atoms with E-state index in [1.165, 1.54) is 27.8 Å². The molecule has 0 aromatic heterocycles. The smallest absolute Gasteiger partial charge is 0.126 e. The maximum atomic E-state index is 6.39. The molecule has 0 radical (unpaired) electrons. The predicted octanol–water partition coefficient (Wildman–Crippen LogP) is 4.64. The Morgan fingerprint density at radius 2 is 1.72 bits per heavy atom. The molecule has 4 rings (SSSR count). The Morgan fingerprint density at radius 3 is 2.45 bits per heavy atom. The Morgan fingerprint density at radius 1 is 1.00 bits per heavy atom. The molecule has 0 bridgehead atoms. The molecule has 0 amide bonds. The quantitative estimate of drug-likeness (QED) is 0.685. The van der Waals surface area contributed by atoms with Crippen LogP contribution in [0.1, 0.15) is 34.2 Å². The highest BCUT2D eigenvalue weighted by atomic mass is 35.5. The van der Waals surface area contributed by atoms with Crippen molar-refractivity contribution < 1.29 is 14.2 Å². The van der Waals surface area contributed by atoms with Crippen molar-refractivity contribution in [3.05, 3.63) is 58.1 Å². The second-order valence-corrected chi connectivity index (χ2v) is 7.97. The molecule has 1 saturated heterocycles. The van der Waals surface area contributed by atoms with Gasteiger partial charge in [0, 0.05) is 31.6 Å². The zero-order valence-corrected chi connectivity index (χ0v) is 18.5. The van der Waals surface area contributed by atoms with Crippen molar-refractivity contribution in [1.29, 1.82) is 0 Å². The predicted molar refractivity (Wildman–Crippen MR) is 119 cm³/mol. The first-order valence-corrected chi connectivity index (χ1v) is 10.4. The highest BCUT2D eigenvalue weighted by Crippen LogP contribution is 2.43. The lowest BCUT2D eigenvalue weighted by atomic mass is 9.95. The second kappa shape index (κ2) is 9.84. The van der Waals surface area contributed by atoms with Crippen LogP contribution in [0.5, 0.6) is 11.5 Å². The minimum atomic E-state index is 0. The SMILES string of the molecule is Cc1c(C)c2c(c(C)c1OCc1ccccc1)C[C@@H](CCN1CCOCC1)O2.Cl. The van der Waals surface area contributed by atoms with Gasteiger partial charge in [0.2, 0.25) is 0 Å². The minimum absolute atomic E-state index is 0. The molecule has 0 spiro atoms. The van der Waals surface area contributed by atoms with E-state index in [1.54, 1.807) is 0 Å². The van der Waals surface area contributed by atoms with Crippen LogP contribution < -0.4 is 9.47 Å². The van der Waals surface area contributed by atoms with Gasteiger partial charge in [-0.1, -0.05) is 30.3 Å². The third kappa shape index (κ3) is 4.88. The Kier molecular flexibility index (Phi) is 7.44. The minimum Gasteiger partial charge on any atom is -0.489 e. The molecular formula is C24H32ClNO3. The summed E-state index contributed by atoms with van der Waals surface area (Å²) in [7, 11) is 0. The average Bonchev–Trinajstić information content (AvgIpc) is 3.17. The lowest BCUT2D eigenvalue weighted by molar-refractivity contribution is 0.0328. The number of fused-ring (bicyclic) bond motifs is 1. The summed E-state index contributed by atoms with van der Waals surface area (Å²) in [6, 6.07) is 10.4. The van der Waals surface area contributed by atoms with Gasteiger partial charge in [0.15, 0.2) is 0 Å². The van der Waals surface area contributed by atoms with E-state index in [9.17, 15) is 0 Å². The molecule has 4 nitrogen and oxygen atoms in total. The molecule has 5 heteroatoms. The van der Waals surface area contributed by atoms with Gasteiger partial charge in [-0.05, 0) is 49.4 Å². The van der Waals surface area contributed by atoms with E-state index in [1.807, 2.05) is 6.07 Å². The van der Waals surface area contributed by atoms with Crippen LogP contribution in [0.15, 0.2) is 30.3 Å². The third-order valence-electron chi connectivity index (χ3n) is 6.12. The van der Waals surface area contributed by atoms with Crippen LogP contribution in [0.25, 0.3) is 0 Å². The fourth-order valence-corrected chi connectivity index (χ4v) is 4.26. The number of hydrogen-bond acceptors (Lipinski definition) is 4. The highest BCUT2D eigenvalue weighted by Gasteiger charge is 2.30. The van der Waals surface area contributed by atoms with Crippen LogP contribution in [0.2, 0.25) is 0 Å². The normalized spacial score (nSPS) is 18.7. The Labute approximate surface area is 180 Å². The maximum Gasteiger partial charge on any atom is 0.126 e. The molecular weight excluding hydrogens is 386 g/mol. The van der Waals surface area contributed by atoms with E-state index in [-0.39, 0.29) is 18.5 Å². The Balaban J connectivity index is 0.00000240. The van der Waals surface area contributed by atoms with Crippen molar-refractivity contribution in [3.63, 3.8) is 0 Å². The van der Waals surface area contributed by atoms with E-state index in [2.05, 4.69) is 49.9 Å². The second-order valence-electron chi connectivity index (χ2n) is 7.97. The van der Waals surface area contributed by atoms with E-state index >= 15 is 0 Å². The molecule has 1 atom stereocenters. The first kappa shape index (κ1) is 21.9. The molecule has 2 aliphatic heterocycles. The van der Waals surface area contributed by atoms with Gasteiger partial charge < -0.3 is 14.2 Å². The summed E-state index contributed by atoms with van der Waals surface area (Å²) in [6.07, 6.45) is 2.31. The largest absolute Gasteiger partial charge is 0.489 e. The van der Waals surface area contributed by atoms with E-state index in [4.69, 9.17) is 14.2 Å². The topological polar surface area (TPSA) is 30.9 Å². The zero-order chi connectivity index (χ0) is 19.5. The number of ether oxygens (including phenoxy) is 3. The fourth-order valence-electron chi connectivity index (χ4n) is 4.26. The Bertz CT molecular complexity index is 819. The third-order valence-corrected chi connectivity index (χ3v) is 6.12. The van der Waals surface area contributed by atoms with Crippen molar-refractivity contribution in [2.45, 2.75) is 46.3 Å². The molecule has 2 aromatic rings. The number of morpholine rings is 1. The molecule has 0 unspecified atom stereocenters. The van der Waals surface area contributed by atoms with Crippen molar-refractivity contribution in [2.75, 3.05) is 32.8 Å². The summed E-state index contributed by atoms with van der Waals surface area (Å²) >= 11 is 0. The summed E-state index contributed by atoms with van der Waals surface area (Å²) in [6.45, 7) is 11.9. The van der Waals surface area contributed by atoms with Gasteiger partial charge in [0.25, 0.3) is 0 Å². The molecule has 158 valence electrons. The van der Waals surface area contributed by atoms with Crippen molar-refractivity contribution in [2.24, 2.45) is 0 Å². The van der Waals surface area contributed by atoms with Crippen LogP contribution in [0.3, 0.4) is 0 Å². The molecule has 29 heavy (non-hydrogen) atoms. The molecule has 2 aromatic carbocycles. The lowest BCUT2D eigenvalue weighted by Crippen LogP contribution is -2.38. The van der Waals surface area contributed by atoms with Crippen LogP contribution in [0, 0.1) is 20.8 Å². The van der Waals surface area contributed by atoms with E-state index < -0.39 is 0 Å². The number of benzene rings is 2. The van der Waals surface area contributed by atoms with Crippen LogP contribution in [-0.4, -0.2) is 43.9 Å². The van der Waals surface area contributed by atoms with Crippen molar-refractivity contribution >= 4 is 12.4 Å². The standard InChI is InChI=1S/C24H31NO3.ClH/c1-17-18(2)24-22(15-21(28-24)9-10-25-11-13-26-14-12-25)19(3)23(17)27-16-20-7-5-4-6-8-20;/h4-8,21H,9-16H2,1-3H3;1H/t21-;/m1./s1. The summed E-state index contributed by atoms with van der Waals surface area (Å²) in [4.78, 5) is 2.48. The van der Waals surface area contributed by atoms with Gasteiger partial charge >= 0.3 is 0 Å². The van der Waals surface area contributed by atoms with E-state index in [0.717, 1.165) is 57.2 Å². The van der Waals surface area contributed by atoms with Crippen molar-refractivity contribution in [1.82, 2.24) is 4.90 Å². The summed E-state index contributed by atoms with van der Waals surface area (Å²) < 4.78 is 18.1.